The van der Waals surface area contributed by atoms with E-state index in [0.717, 1.165) is 50.3 Å². The van der Waals surface area contributed by atoms with E-state index in [2.05, 4.69) is 9.55 Å². The Morgan fingerprint density at radius 2 is 2.38 bits per heavy atom. The second-order valence-corrected chi connectivity index (χ2v) is 6.70. The van der Waals surface area contributed by atoms with Gasteiger partial charge in [0.05, 0.1) is 25.2 Å². The molecular weight excluding hydrogens is 306 g/mol. The number of furan rings is 1. The van der Waals surface area contributed by atoms with Gasteiger partial charge in [0.1, 0.15) is 5.76 Å². The molecule has 4 heterocycles. The summed E-state index contributed by atoms with van der Waals surface area (Å²) in [6.45, 7) is 2.83. The SMILES string of the molecule is O=C(C1CCn2cncc2C1)N(Cc1ccco1)CC1CCCO1. The highest BCUT2D eigenvalue weighted by Crippen LogP contribution is 2.24. The average molecular weight is 329 g/mol. The first-order valence-corrected chi connectivity index (χ1v) is 8.71. The van der Waals surface area contributed by atoms with Gasteiger partial charge in [0, 0.05) is 43.9 Å². The van der Waals surface area contributed by atoms with Crippen LogP contribution in [0.3, 0.4) is 0 Å². The minimum atomic E-state index is 0.0190. The van der Waals surface area contributed by atoms with Crippen LogP contribution in [0.5, 0.6) is 0 Å². The zero-order valence-corrected chi connectivity index (χ0v) is 13.8. The number of imidazole rings is 1. The molecular formula is C18H23N3O3. The van der Waals surface area contributed by atoms with Gasteiger partial charge in [-0.25, -0.2) is 4.98 Å². The molecule has 0 spiro atoms. The number of rotatable bonds is 5. The largest absolute Gasteiger partial charge is 0.467 e. The maximum Gasteiger partial charge on any atom is 0.226 e. The molecule has 0 aliphatic carbocycles. The summed E-state index contributed by atoms with van der Waals surface area (Å²) in [5.41, 5.74) is 1.15. The minimum absolute atomic E-state index is 0.0190. The first kappa shape index (κ1) is 15.4. The molecule has 1 amide bonds. The Kier molecular flexibility index (Phi) is 4.38. The first-order valence-electron chi connectivity index (χ1n) is 8.71. The van der Waals surface area contributed by atoms with E-state index < -0.39 is 0 Å². The van der Waals surface area contributed by atoms with Crippen LogP contribution in [0, 0.1) is 5.92 Å². The molecule has 128 valence electrons. The zero-order chi connectivity index (χ0) is 16.4. The van der Waals surface area contributed by atoms with Gasteiger partial charge in [-0.05, 0) is 31.4 Å². The van der Waals surface area contributed by atoms with Crippen LogP contribution in [0.15, 0.2) is 35.3 Å². The van der Waals surface area contributed by atoms with E-state index in [0.29, 0.717) is 13.1 Å². The summed E-state index contributed by atoms with van der Waals surface area (Å²) >= 11 is 0. The van der Waals surface area contributed by atoms with E-state index in [9.17, 15) is 4.79 Å². The smallest absolute Gasteiger partial charge is 0.226 e. The van der Waals surface area contributed by atoms with Crippen LogP contribution < -0.4 is 0 Å². The van der Waals surface area contributed by atoms with E-state index in [1.54, 1.807) is 6.26 Å². The standard InChI is InChI=1S/C18H23N3O3/c22-18(14-5-6-20-13-19-10-15(20)9-14)21(11-16-3-1-7-23-16)12-17-4-2-8-24-17/h1,3,7,10,13-14,17H,2,4-6,8-9,11-12H2. The highest BCUT2D eigenvalue weighted by atomic mass is 16.5. The minimum Gasteiger partial charge on any atom is -0.467 e. The molecule has 2 atom stereocenters. The number of nitrogens with zero attached hydrogens (tertiary/aromatic N) is 3. The Balaban J connectivity index is 1.47. The lowest BCUT2D eigenvalue weighted by atomic mass is 9.94. The monoisotopic (exact) mass is 329 g/mol. The van der Waals surface area contributed by atoms with Gasteiger partial charge in [-0.15, -0.1) is 0 Å². The number of carbonyl (C=O) groups is 1. The lowest BCUT2D eigenvalue weighted by Crippen LogP contribution is -2.42. The molecule has 0 aromatic carbocycles. The third-order valence-electron chi connectivity index (χ3n) is 5.01. The van der Waals surface area contributed by atoms with Crippen LogP contribution >= 0.6 is 0 Å². The Labute approximate surface area is 141 Å². The zero-order valence-electron chi connectivity index (χ0n) is 13.8. The van der Waals surface area contributed by atoms with Gasteiger partial charge >= 0.3 is 0 Å². The maximum absolute atomic E-state index is 13.1. The van der Waals surface area contributed by atoms with E-state index in [-0.39, 0.29) is 17.9 Å². The van der Waals surface area contributed by atoms with Crippen LogP contribution in [0.4, 0.5) is 0 Å². The molecule has 2 aliphatic heterocycles. The van der Waals surface area contributed by atoms with Gasteiger partial charge in [0.25, 0.3) is 0 Å². The fourth-order valence-corrected chi connectivity index (χ4v) is 3.70. The van der Waals surface area contributed by atoms with Gasteiger partial charge in [-0.3, -0.25) is 4.79 Å². The van der Waals surface area contributed by atoms with E-state index in [1.165, 1.54) is 0 Å². The van der Waals surface area contributed by atoms with Gasteiger partial charge in [0.15, 0.2) is 0 Å². The molecule has 24 heavy (non-hydrogen) atoms. The Morgan fingerprint density at radius 3 is 3.17 bits per heavy atom. The normalized spacial score (nSPS) is 23.2. The molecule has 2 aliphatic rings. The van der Waals surface area contributed by atoms with E-state index in [1.807, 2.05) is 29.6 Å². The highest BCUT2D eigenvalue weighted by molar-refractivity contribution is 5.79. The molecule has 2 aromatic rings. The summed E-state index contributed by atoms with van der Waals surface area (Å²) in [5, 5.41) is 0. The predicted molar refractivity (Wildman–Crippen MR) is 87.1 cm³/mol. The first-order chi connectivity index (χ1) is 11.8. The molecule has 0 N–H and O–H groups in total. The molecule has 0 bridgehead atoms. The summed E-state index contributed by atoms with van der Waals surface area (Å²) in [6, 6.07) is 3.79. The summed E-state index contributed by atoms with van der Waals surface area (Å²) in [4.78, 5) is 19.3. The predicted octanol–water partition coefficient (Wildman–Crippen LogP) is 2.25. The third-order valence-corrected chi connectivity index (χ3v) is 5.01. The van der Waals surface area contributed by atoms with E-state index >= 15 is 0 Å². The maximum atomic E-state index is 13.1. The van der Waals surface area contributed by atoms with Crippen molar-refractivity contribution in [1.29, 1.82) is 0 Å². The molecule has 2 unspecified atom stereocenters. The highest BCUT2D eigenvalue weighted by Gasteiger charge is 2.31. The van der Waals surface area contributed by atoms with Crippen molar-refractivity contribution in [3.63, 3.8) is 0 Å². The van der Waals surface area contributed by atoms with Crippen molar-refractivity contribution in [2.75, 3.05) is 13.2 Å². The quantitative estimate of drug-likeness (QED) is 0.844. The van der Waals surface area contributed by atoms with Crippen LogP contribution in [0.2, 0.25) is 0 Å². The Bertz CT molecular complexity index is 674. The number of aryl methyl sites for hydroxylation is 1. The fraction of sp³-hybridized carbons (Fsp3) is 0.556. The molecule has 0 radical (unpaired) electrons. The summed E-state index contributed by atoms with van der Waals surface area (Å²) in [6.07, 6.45) is 9.26. The van der Waals surface area contributed by atoms with Gasteiger partial charge in [-0.1, -0.05) is 0 Å². The Hall–Kier alpha value is -2.08. The van der Waals surface area contributed by atoms with Gasteiger partial charge in [-0.2, -0.15) is 0 Å². The van der Waals surface area contributed by atoms with Crippen molar-refractivity contribution in [1.82, 2.24) is 14.5 Å². The number of amides is 1. The number of carbonyl (C=O) groups excluding carboxylic acids is 1. The van der Waals surface area contributed by atoms with Crippen molar-refractivity contribution >= 4 is 5.91 Å². The van der Waals surface area contributed by atoms with Crippen LogP contribution in [0.25, 0.3) is 0 Å². The second kappa shape index (κ2) is 6.81. The lowest BCUT2D eigenvalue weighted by molar-refractivity contribution is -0.138. The van der Waals surface area contributed by atoms with Crippen molar-refractivity contribution in [2.45, 2.75) is 44.9 Å². The molecule has 1 saturated heterocycles. The number of aromatic nitrogens is 2. The molecule has 6 nitrogen and oxygen atoms in total. The van der Waals surface area contributed by atoms with Crippen LogP contribution in [-0.4, -0.2) is 39.6 Å². The number of fused-ring (bicyclic) bond motifs is 1. The summed E-state index contributed by atoms with van der Waals surface area (Å²) in [7, 11) is 0. The second-order valence-electron chi connectivity index (χ2n) is 6.70. The van der Waals surface area contributed by atoms with Crippen molar-refractivity contribution in [3.8, 4) is 0 Å². The summed E-state index contributed by atoms with van der Waals surface area (Å²) < 4.78 is 13.3. The number of hydrogen-bond acceptors (Lipinski definition) is 4. The third kappa shape index (κ3) is 3.24. The van der Waals surface area contributed by atoms with Gasteiger partial charge < -0.3 is 18.6 Å². The van der Waals surface area contributed by atoms with E-state index in [4.69, 9.17) is 9.15 Å². The molecule has 4 rings (SSSR count). The van der Waals surface area contributed by atoms with Crippen molar-refractivity contribution in [3.05, 3.63) is 42.4 Å². The topological polar surface area (TPSA) is 60.5 Å². The number of hydrogen-bond donors (Lipinski definition) is 0. The molecule has 2 aromatic heterocycles. The van der Waals surface area contributed by atoms with Gasteiger partial charge in [0.2, 0.25) is 5.91 Å². The van der Waals surface area contributed by atoms with Crippen LogP contribution in [0.1, 0.15) is 30.7 Å². The molecule has 0 saturated carbocycles. The van der Waals surface area contributed by atoms with Crippen molar-refractivity contribution in [2.24, 2.45) is 5.92 Å². The number of ether oxygens (including phenoxy) is 1. The lowest BCUT2D eigenvalue weighted by Gasteiger charge is -2.31. The Morgan fingerprint density at radius 1 is 1.42 bits per heavy atom. The molecule has 6 heteroatoms. The van der Waals surface area contributed by atoms with Crippen molar-refractivity contribution < 1.29 is 13.9 Å². The van der Waals surface area contributed by atoms with Crippen LogP contribution in [-0.2, 0) is 29.0 Å². The molecule has 1 fully saturated rings. The average Bonchev–Trinajstić information content (AvgIpc) is 3.35. The fourth-order valence-electron chi connectivity index (χ4n) is 3.70. The summed E-state index contributed by atoms with van der Waals surface area (Å²) in [5.74, 6) is 1.04.